The van der Waals surface area contributed by atoms with Gasteiger partial charge < -0.3 is 4.74 Å². The molecule has 0 aromatic heterocycles. The molecule has 0 unspecified atom stereocenters. The van der Waals surface area contributed by atoms with E-state index in [1.807, 2.05) is 54.6 Å². The van der Waals surface area contributed by atoms with Crippen LogP contribution in [-0.2, 0) is 11.2 Å². The summed E-state index contributed by atoms with van der Waals surface area (Å²) in [6.45, 7) is 0.0947. The van der Waals surface area contributed by atoms with Crippen LogP contribution in [-0.4, -0.2) is 12.4 Å². The molecule has 0 heterocycles. The smallest absolute Gasteiger partial charge is 0.174 e. The minimum absolute atomic E-state index is 0.0666. The minimum Gasteiger partial charge on any atom is -0.485 e. The molecule has 0 N–H and O–H groups in total. The number of carbonyl (C=O) groups is 1. The van der Waals surface area contributed by atoms with Crippen LogP contribution < -0.4 is 4.74 Å². The zero-order chi connectivity index (χ0) is 12.8. The van der Waals surface area contributed by atoms with Gasteiger partial charge in [-0.2, -0.15) is 0 Å². The van der Waals surface area contributed by atoms with Crippen molar-refractivity contribution in [2.75, 3.05) is 6.61 Å². The summed E-state index contributed by atoms with van der Waals surface area (Å²) in [5, 5.41) is 0. The van der Waals surface area contributed by atoms with Gasteiger partial charge >= 0.3 is 0 Å². The molecular formula is C15H13BrO2. The van der Waals surface area contributed by atoms with Crippen LogP contribution in [0, 0.1) is 0 Å². The maximum Gasteiger partial charge on any atom is 0.174 e. The fourth-order valence-electron chi connectivity index (χ4n) is 1.59. The Morgan fingerprint density at radius 3 is 2.39 bits per heavy atom. The van der Waals surface area contributed by atoms with Gasteiger partial charge in [0, 0.05) is 6.42 Å². The lowest BCUT2D eigenvalue weighted by Crippen LogP contribution is -2.13. The number of rotatable bonds is 5. The summed E-state index contributed by atoms with van der Waals surface area (Å²) in [5.41, 5.74) is 1.01. The van der Waals surface area contributed by atoms with Crippen LogP contribution >= 0.6 is 15.9 Å². The monoisotopic (exact) mass is 304 g/mol. The third-order valence-electron chi connectivity index (χ3n) is 2.47. The molecule has 2 aromatic carbocycles. The summed E-state index contributed by atoms with van der Waals surface area (Å²) in [7, 11) is 0. The summed E-state index contributed by atoms with van der Waals surface area (Å²) >= 11 is 3.38. The molecule has 0 atom stereocenters. The topological polar surface area (TPSA) is 26.3 Å². The fourth-order valence-corrected chi connectivity index (χ4v) is 1.99. The average Bonchev–Trinajstić information content (AvgIpc) is 2.39. The standard InChI is InChI=1S/C15H13BrO2/c16-14-8-4-5-9-15(14)18-11-13(17)10-12-6-2-1-3-7-12/h1-9H,10-11H2. The summed E-state index contributed by atoms with van der Waals surface area (Å²) in [6.07, 6.45) is 0.408. The molecule has 0 aliphatic rings. The van der Waals surface area contributed by atoms with E-state index >= 15 is 0 Å². The third-order valence-corrected chi connectivity index (χ3v) is 3.12. The number of benzene rings is 2. The van der Waals surface area contributed by atoms with E-state index in [0.29, 0.717) is 12.2 Å². The second-order valence-corrected chi connectivity index (χ2v) is 4.77. The van der Waals surface area contributed by atoms with Gasteiger partial charge in [-0.1, -0.05) is 42.5 Å². The Bertz CT molecular complexity index is 523. The van der Waals surface area contributed by atoms with E-state index in [0.717, 1.165) is 10.0 Å². The van der Waals surface area contributed by atoms with Crippen molar-refractivity contribution in [3.8, 4) is 5.75 Å². The van der Waals surface area contributed by atoms with Gasteiger partial charge in [0.2, 0.25) is 0 Å². The molecule has 92 valence electrons. The zero-order valence-corrected chi connectivity index (χ0v) is 11.4. The Kier molecular flexibility index (Phi) is 4.53. The Balaban J connectivity index is 1.88. The van der Waals surface area contributed by atoms with E-state index in [-0.39, 0.29) is 12.4 Å². The minimum atomic E-state index is 0.0666. The average molecular weight is 305 g/mol. The van der Waals surface area contributed by atoms with Crippen LogP contribution in [0.2, 0.25) is 0 Å². The summed E-state index contributed by atoms with van der Waals surface area (Å²) < 4.78 is 6.33. The van der Waals surface area contributed by atoms with Gasteiger partial charge in [0.05, 0.1) is 4.47 Å². The van der Waals surface area contributed by atoms with Crippen LogP contribution in [0.4, 0.5) is 0 Å². The molecule has 0 saturated heterocycles. The predicted octanol–water partition coefficient (Wildman–Crippen LogP) is 3.64. The van der Waals surface area contributed by atoms with Gasteiger partial charge in [-0.3, -0.25) is 4.79 Å². The highest BCUT2D eigenvalue weighted by atomic mass is 79.9. The number of carbonyl (C=O) groups excluding carboxylic acids is 1. The number of ether oxygens (including phenoxy) is 1. The summed E-state index contributed by atoms with van der Waals surface area (Å²) in [5.74, 6) is 0.760. The fraction of sp³-hybridized carbons (Fsp3) is 0.133. The molecule has 0 radical (unpaired) electrons. The highest BCUT2D eigenvalue weighted by molar-refractivity contribution is 9.10. The quantitative estimate of drug-likeness (QED) is 0.843. The van der Waals surface area contributed by atoms with E-state index in [1.54, 1.807) is 0 Å². The largest absolute Gasteiger partial charge is 0.485 e. The first-order valence-corrected chi connectivity index (χ1v) is 6.48. The molecule has 3 heteroatoms. The normalized spacial score (nSPS) is 10.1. The molecular weight excluding hydrogens is 292 g/mol. The van der Waals surface area contributed by atoms with Crippen molar-refractivity contribution in [3.63, 3.8) is 0 Å². The Morgan fingerprint density at radius 2 is 1.67 bits per heavy atom. The Hall–Kier alpha value is -1.61. The van der Waals surface area contributed by atoms with E-state index in [2.05, 4.69) is 15.9 Å². The van der Waals surface area contributed by atoms with E-state index < -0.39 is 0 Å². The van der Waals surface area contributed by atoms with Crippen molar-refractivity contribution in [1.29, 1.82) is 0 Å². The first-order chi connectivity index (χ1) is 8.75. The molecule has 18 heavy (non-hydrogen) atoms. The SMILES string of the molecule is O=C(COc1ccccc1Br)Cc1ccccc1. The van der Waals surface area contributed by atoms with Crippen LogP contribution in [0.5, 0.6) is 5.75 Å². The molecule has 2 aromatic rings. The Morgan fingerprint density at radius 1 is 1.00 bits per heavy atom. The number of ketones is 1. The lowest BCUT2D eigenvalue weighted by molar-refractivity contribution is -0.120. The van der Waals surface area contributed by atoms with Gasteiger partial charge in [-0.25, -0.2) is 0 Å². The van der Waals surface area contributed by atoms with Gasteiger partial charge in [0.15, 0.2) is 5.78 Å². The molecule has 0 amide bonds. The van der Waals surface area contributed by atoms with Gasteiger partial charge in [0.1, 0.15) is 12.4 Å². The third kappa shape index (κ3) is 3.70. The molecule has 2 nitrogen and oxygen atoms in total. The number of hydrogen-bond donors (Lipinski definition) is 0. The highest BCUT2D eigenvalue weighted by Crippen LogP contribution is 2.23. The first-order valence-electron chi connectivity index (χ1n) is 5.68. The van der Waals surface area contributed by atoms with E-state index in [9.17, 15) is 4.79 Å². The maximum absolute atomic E-state index is 11.8. The summed E-state index contributed by atoms with van der Waals surface area (Å²) in [4.78, 5) is 11.8. The summed E-state index contributed by atoms with van der Waals surface area (Å²) in [6, 6.07) is 17.2. The van der Waals surface area contributed by atoms with Crippen molar-refractivity contribution in [1.82, 2.24) is 0 Å². The lowest BCUT2D eigenvalue weighted by atomic mass is 10.1. The number of halogens is 1. The van der Waals surface area contributed by atoms with Crippen LogP contribution in [0.3, 0.4) is 0 Å². The van der Waals surface area contributed by atoms with E-state index in [4.69, 9.17) is 4.74 Å². The van der Waals surface area contributed by atoms with Crippen molar-refractivity contribution >= 4 is 21.7 Å². The number of Topliss-reactive ketones (excluding diaryl/α,β-unsaturated/α-hetero) is 1. The molecule has 0 aliphatic carbocycles. The van der Waals surface area contributed by atoms with Crippen molar-refractivity contribution in [2.24, 2.45) is 0 Å². The Labute approximate surface area is 115 Å². The first kappa shape index (κ1) is 12.8. The predicted molar refractivity (Wildman–Crippen MR) is 74.8 cm³/mol. The van der Waals surface area contributed by atoms with Crippen LogP contribution in [0.15, 0.2) is 59.1 Å². The van der Waals surface area contributed by atoms with Crippen LogP contribution in [0.1, 0.15) is 5.56 Å². The molecule has 0 saturated carbocycles. The molecule has 0 bridgehead atoms. The molecule has 2 rings (SSSR count). The van der Waals surface area contributed by atoms with Gasteiger partial charge in [-0.05, 0) is 33.6 Å². The van der Waals surface area contributed by atoms with Gasteiger partial charge in [-0.15, -0.1) is 0 Å². The number of hydrogen-bond acceptors (Lipinski definition) is 2. The molecule has 0 spiro atoms. The van der Waals surface area contributed by atoms with Gasteiger partial charge in [0.25, 0.3) is 0 Å². The second kappa shape index (κ2) is 6.36. The van der Waals surface area contributed by atoms with Crippen molar-refractivity contribution < 1.29 is 9.53 Å². The second-order valence-electron chi connectivity index (χ2n) is 3.92. The van der Waals surface area contributed by atoms with Crippen molar-refractivity contribution in [2.45, 2.75) is 6.42 Å². The molecule has 0 aliphatic heterocycles. The number of para-hydroxylation sites is 1. The zero-order valence-electron chi connectivity index (χ0n) is 9.80. The maximum atomic E-state index is 11.8. The highest BCUT2D eigenvalue weighted by Gasteiger charge is 2.06. The van der Waals surface area contributed by atoms with E-state index in [1.165, 1.54) is 0 Å². The van der Waals surface area contributed by atoms with Crippen molar-refractivity contribution in [3.05, 3.63) is 64.6 Å². The van der Waals surface area contributed by atoms with Crippen LogP contribution in [0.25, 0.3) is 0 Å². The lowest BCUT2D eigenvalue weighted by Gasteiger charge is -2.07. The molecule has 0 fully saturated rings.